The number of fused-ring (bicyclic) bond motifs is 2. The van der Waals surface area contributed by atoms with Gasteiger partial charge in [-0.2, -0.15) is 0 Å². The van der Waals surface area contributed by atoms with Crippen molar-refractivity contribution in [2.45, 2.75) is 50.5 Å². The molecule has 2 atom stereocenters. The van der Waals surface area contributed by atoms with Crippen molar-refractivity contribution in [1.29, 1.82) is 0 Å². The maximum absolute atomic E-state index is 9.83. The van der Waals surface area contributed by atoms with Gasteiger partial charge in [0.2, 0.25) is 0 Å². The summed E-state index contributed by atoms with van der Waals surface area (Å²) in [7, 11) is 0. The van der Waals surface area contributed by atoms with E-state index in [2.05, 4.69) is 4.90 Å². The average molecular weight is 268 g/mol. The second kappa shape index (κ2) is 4.72. The summed E-state index contributed by atoms with van der Waals surface area (Å²) >= 11 is 6.16. The zero-order valence-electron chi connectivity index (χ0n) is 10.2. The van der Waals surface area contributed by atoms with Gasteiger partial charge in [-0.15, -0.1) is 0 Å². The van der Waals surface area contributed by atoms with E-state index < -0.39 is 0 Å². The molecule has 0 aromatic heterocycles. The number of aliphatic hydroxyl groups is 2. The van der Waals surface area contributed by atoms with Crippen LogP contribution in [0.25, 0.3) is 0 Å². The molecule has 2 aliphatic heterocycles. The van der Waals surface area contributed by atoms with E-state index in [1.54, 1.807) is 0 Å². The Hall–Kier alpha value is -0.770. The van der Waals surface area contributed by atoms with Crippen LogP contribution in [-0.4, -0.2) is 28.4 Å². The molecule has 4 heteroatoms. The van der Waals surface area contributed by atoms with E-state index in [1.807, 2.05) is 18.2 Å². The Morgan fingerprint density at radius 2 is 1.89 bits per heavy atom. The van der Waals surface area contributed by atoms with Gasteiger partial charge in [0, 0.05) is 28.4 Å². The number of halogens is 1. The van der Waals surface area contributed by atoms with Crippen LogP contribution in [0.4, 0.5) is 5.69 Å². The molecule has 1 aromatic rings. The minimum absolute atomic E-state index is 0.0342. The number of hydrogen-bond donors (Lipinski definition) is 2. The van der Waals surface area contributed by atoms with Gasteiger partial charge in [-0.3, -0.25) is 0 Å². The van der Waals surface area contributed by atoms with Crippen LogP contribution < -0.4 is 4.90 Å². The number of anilines is 1. The van der Waals surface area contributed by atoms with E-state index in [0.29, 0.717) is 17.1 Å². The summed E-state index contributed by atoms with van der Waals surface area (Å²) < 4.78 is 0. The number of aliphatic hydroxyl groups excluding tert-OH is 2. The van der Waals surface area contributed by atoms with Gasteiger partial charge in [0.25, 0.3) is 0 Å². The molecular weight excluding hydrogens is 250 g/mol. The quantitative estimate of drug-likeness (QED) is 0.864. The van der Waals surface area contributed by atoms with E-state index in [0.717, 1.165) is 36.9 Å². The third-order valence-electron chi connectivity index (χ3n) is 4.24. The lowest BCUT2D eigenvalue weighted by Crippen LogP contribution is -2.45. The lowest BCUT2D eigenvalue weighted by molar-refractivity contribution is 0.126. The number of nitrogens with zero attached hydrogens (tertiary/aromatic N) is 1. The molecule has 2 bridgehead atoms. The van der Waals surface area contributed by atoms with Crippen molar-refractivity contribution in [2.24, 2.45) is 0 Å². The Morgan fingerprint density at radius 1 is 1.22 bits per heavy atom. The van der Waals surface area contributed by atoms with E-state index in [4.69, 9.17) is 11.6 Å². The van der Waals surface area contributed by atoms with Crippen molar-refractivity contribution in [1.82, 2.24) is 0 Å². The van der Waals surface area contributed by atoms with Crippen LogP contribution in [-0.2, 0) is 6.61 Å². The third-order valence-corrected chi connectivity index (χ3v) is 4.59. The van der Waals surface area contributed by atoms with Gasteiger partial charge in [0.15, 0.2) is 0 Å². The van der Waals surface area contributed by atoms with E-state index >= 15 is 0 Å². The van der Waals surface area contributed by atoms with Gasteiger partial charge < -0.3 is 15.1 Å². The summed E-state index contributed by atoms with van der Waals surface area (Å²) in [5.41, 5.74) is 1.86. The molecule has 3 rings (SSSR count). The van der Waals surface area contributed by atoms with E-state index in [9.17, 15) is 10.2 Å². The fourth-order valence-corrected chi connectivity index (χ4v) is 3.72. The molecule has 0 spiro atoms. The first-order valence-corrected chi connectivity index (χ1v) is 6.93. The molecule has 18 heavy (non-hydrogen) atoms. The predicted octanol–water partition coefficient (Wildman–Crippen LogP) is 2.32. The highest BCUT2D eigenvalue weighted by atomic mass is 35.5. The highest BCUT2D eigenvalue weighted by Crippen LogP contribution is 2.41. The monoisotopic (exact) mass is 267 g/mol. The summed E-state index contributed by atoms with van der Waals surface area (Å²) in [6, 6.07) is 6.56. The molecule has 2 aliphatic rings. The van der Waals surface area contributed by atoms with Gasteiger partial charge in [0.05, 0.1) is 12.7 Å². The molecule has 0 aliphatic carbocycles. The van der Waals surface area contributed by atoms with Crippen LogP contribution in [0, 0.1) is 0 Å². The zero-order valence-corrected chi connectivity index (χ0v) is 11.0. The highest BCUT2D eigenvalue weighted by Gasteiger charge is 2.40. The first-order valence-electron chi connectivity index (χ1n) is 6.55. The summed E-state index contributed by atoms with van der Waals surface area (Å²) in [4.78, 5) is 2.37. The second-order valence-corrected chi connectivity index (χ2v) is 5.72. The molecule has 0 saturated carbocycles. The first kappa shape index (κ1) is 12.3. The van der Waals surface area contributed by atoms with Gasteiger partial charge in [-0.05, 0) is 37.8 Å². The van der Waals surface area contributed by atoms with Gasteiger partial charge >= 0.3 is 0 Å². The van der Waals surface area contributed by atoms with Crippen LogP contribution in [0.1, 0.15) is 31.2 Å². The number of piperidine rings is 1. The molecule has 0 radical (unpaired) electrons. The molecule has 2 saturated heterocycles. The lowest BCUT2D eigenvalue weighted by Gasteiger charge is -2.40. The van der Waals surface area contributed by atoms with Crippen molar-refractivity contribution in [2.75, 3.05) is 4.90 Å². The Morgan fingerprint density at radius 3 is 2.50 bits per heavy atom. The molecule has 2 N–H and O–H groups in total. The molecule has 2 heterocycles. The highest BCUT2D eigenvalue weighted by molar-refractivity contribution is 6.31. The smallest absolute Gasteiger partial charge is 0.0716 e. The van der Waals surface area contributed by atoms with Crippen molar-refractivity contribution in [3.63, 3.8) is 0 Å². The minimum atomic E-state index is -0.171. The van der Waals surface area contributed by atoms with Crippen molar-refractivity contribution < 1.29 is 10.2 Å². The van der Waals surface area contributed by atoms with Crippen molar-refractivity contribution in [3.05, 3.63) is 28.8 Å². The summed E-state index contributed by atoms with van der Waals surface area (Å²) in [5.74, 6) is 0. The van der Waals surface area contributed by atoms with Crippen LogP contribution in [0.5, 0.6) is 0 Å². The van der Waals surface area contributed by atoms with E-state index in [-0.39, 0.29) is 12.7 Å². The van der Waals surface area contributed by atoms with E-state index in [1.165, 1.54) is 0 Å². The molecule has 3 nitrogen and oxygen atoms in total. The van der Waals surface area contributed by atoms with Crippen LogP contribution in [0.3, 0.4) is 0 Å². The maximum Gasteiger partial charge on any atom is 0.0716 e. The third kappa shape index (κ3) is 1.91. The molecule has 2 fully saturated rings. The van der Waals surface area contributed by atoms with Crippen molar-refractivity contribution in [3.8, 4) is 0 Å². The lowest BCUT2D eigenvalue weighted by atomic mass is 9.98. The normalized spacial score (nSPS) is 30.8. The van der Waals surface area contributed by atoms with Crippen molar-refractivity contribution >= 4 is 17.3 Å². The SMILES string of the molecule is OCc1c(Cl)cccc1N1C2CCC1CC(O)C2. The standard InChI is InChI=1S/C14H18ClNO2/c15-13-2-1-3-14(12(13)8-17)16-9-4-5-10(16)7-11(18)6-9/h1-3,9-11,17-18H,4-8H2. The Kier molecular flexibility index (Phi) is 3.22. The van der Waals surface area contributed by atoms with Crippen LogP contribution in [0.2, 0.25) is 5.02 Å². The Bertz CT molecular complexity index is 437. The summed E-state index contributed by atoms with van der Waals surface area (Å²) in [6.45, 7) is -0.0342. The van der Waals surface area contributed by atoms with Gasteiger partial charge in [-0.25, -0.2) is 0 Å². The topological polar surface area (TPSA) is 43.7 Å². The minimum Gasteiger partial charge on any atom is -0.393 e. The largest absolute Gasteiger partial charge is 0.393 e. The summed E-state index contributed by atoms with van der Waals surface area (Å²) in [5, 5.41) is 20.0. The number of hydrogen-bond acceptors (Lipinski definition) is 3. The number of benzene rings is 1. The second-order valence-electron chi connectivity index (χ2n) is 5.31. The number of rotatable bonds is 2. The van der Waals surface area contributed by atoms with Crippen LogP contribution >= 0.6 is 11.6 Å². The maximum atomic E-state index is 9.83. The summed E-state index contributed by atoms with van der Waals surface area (Å²) in [6.07, 6.45) is 3.73. The van der Waals surface area contributed by atoms with Gasteiger partial charge in [-0.1, -0.05) is 17.7 Å². The van der Waals surface area contributed by atoms with Crippen LogP contribution in [0.15, 0.2) is 18.2 Å². The first-order chi connectivity index (χ1) is 8.70. The fraction of sp³-hybridized carbons (Fsp3) is 0.571. The predicted molar refractivity (Wildman–Crippen MR) is 71.9 cm³/mol. The molecule has 0 amide bonds. The molecule has 2 unspecified atom stereocenters. The zero-order chi connectivity index (χ0) is 12.7. The van der Waals surface area contributed by atoms with Gasteiger partial charge in [0.1, 0.15) is 0 Å². The molecule has 98 valence electrons. The molecule has 1 aromatic carbocycles. The Labute approximate surface area is 112 Å². The average Bonchev–Trinajstić information content (AvgIpc) is 2.61. The molecular formula is C14H18ClNO2. The Balaban J connectivity index is 1.99. The fourth-order valence-electron chi connectivity index (χ4n) is 3.49.